The fourth-order valence-corrected chi connectivity index (χ4v) is 5.20. The predicted octanol–water partition coefficient (Wildman–Crippen LogP) is 2.89. The number of amides is 1. The molecule has 0 atom stereocenters. The summed E-state index contributed by atoms with van der Waals surface area (Å²) in [6.07, 6.45) is 11.1. The summed E-state index contributed by atoms with van der Waals surface area (Å²) < 4.78 is 9.22. The Morgan fingerprint density at radius 3 is 2.80 bits per heavy atom. The molecule has 6 rings (SSSR count). The number of anilines is 2. The lowest BCUT2D eigenvalue weighted by atomic mass is 9.87. The van der Waals surface area contributed by atoms with Gasteiger partial charge in [-0.05, 0) is 49.8 Å². The number of hydrogen-bond donors (Lipinski definition) is 2. The zero-order chi connectivity index (χ0) is 23.8. The van der Waals surface area contributed by atoms with Gasteiger partial charge in [0.25, 0.3) is 5.91 Å². The molecule has 35 heavy (non-hydrogen) atoms. The van der Waals surface area contributed by atoms with Crippen LogP contribution in [0.2, 0.25) is 0 Å². The quantitative estimate of drug-likeness (QED) is 0.457. The van der Waals surface area contributed by atoms with Crippen LogP contribution >= 0.6 is 0 Å². The van der Waals surface area contributed by atoms with Crippen LogP contribution in [0.3, 0.4) is 0 Å². The number of carbonyl (C=O) groups excluding carboxylic acids is 1. The number of carbonyl (C=O) groups is 1. The molecule has 10 nitrogen and oxygen atoms in total. The number of aromatic nitrogens is 5. The van der Waals surface area contributed by atoms with Gasteiger partial charge in [-0.25, -0.2) is 9.50 Å². The van der Waals surface area contributed by atoms with Gasteiger partial charge in [-0.15, -0.1) is 0 Å². The van der Waals surface area contributed by atoms with E-state index in [-0.39, 0.29) is 12.5 Å². The van der Waals surface area contributed by atoms with Crippen LogP contribution in [0.15, 0.2) is 43.0 Å². The molecule has 2 N–H and O–H groups in total. The lowest BCUT2D eigenvalue weighted by Gasteiger charge is -2.30. The van der Waals surface area contributed by atoms with Crippen LogP contribution in [-0.2, 0) is 4.74 Å². The van der Waals surface area contributed by atoms with Gasteiger partial charge in [0.05, 0.1) is 42.3 Å². The highest BCUT2D eigenvalue weighted by Gasteiger charge is 2.24. The molecule has 3 aromatic heterocycles. The Labute approximate surface area is 202 Å². The third-order valence-electron chi connectivity index (χ3n) is 7.21. The first kappa shape index (κ1) is 22.0. The van der Waals surface area contributed by atoms with Gasteiger partial charge in [0, 0.05) is 43.7 Å². The second kappa shape index (κ2) is 9.27. The van der Waals surface area contributed by atoms with Gasteiger partial charge in [0.15, 0.2) is 5.65 Å². The van der Waals surface area contributed by atoms with E-state index >= 15 is 0 Å². The molecule has 1 aliphatic carbocycles. The standard InChI is InChI=1S/C25H29N7O3/c33-16-17-2-4-19(5-3-17)32-15-18-12-22(23(13-21(18)29-32)30-8-10-35-11-9-30)28-25(34)20-14-27-31-7-1-6-26-24(20)31/h1,6-7,12-15,17,19,33H,2-5,8-11,16H2,(H,28,34). The molecular weight excluding hydrogens is 446 g/mol. The molecule has 1 saturated heterocycles. The third kappa shape index (κ3) is 4.23. The van der Waals surface area contributed by atoms with E-state index in [0.717, 1.165) is 61.1 Å². The van der Waals surface area contributed by atoms with Crippen LogP contribution in [0, 0.1) is 5.92 Å². The Morgan fingerprint density at radius 2 is 2.00 bits per heavy atom. The van der Waals surface area contributed by atoms with Gasteiger partial charge >= 0.3 is 0 Å². The summed E-state index contributed by atoms with van der Waals surface area (Å²) in [6, 6.07) is 6.19. The maximum Gasteiger partial charge on any atom is 0.261 e. The molecule has 2 fully saturated rings. The van der Waals surface area contributed by atoms with Gasteiger partial charge in [-0.3, -0.25) is 9.48 Å². The smallest absolute Gasteiger partial charge is 0.261 e. The zero-order valence-electron chi connectivity index (χ0n) is 19.5. The second-order valence-corrected chi connectivity index (χ2v) is 9.39. The van der Waals surface area contributed by atoms with Crippen LogP contribution in [0.5, 0.6) is 0 Å². The van der Waals surface area contributed by atoms with Crippen molar-refractivity contribution in [3.8, 4) is 0 Å². The number of nitrogens with zero attached hydrogens (tertiary/aromatic N) is 6. The lowest BCUT2D eigenvalue weighted by molar-refractivity contribution is 0.102. The highest BCUT2D eigenvalue weighted by Crippen LogP contribution is 2.35. The van der Waals surface area contributed by atoms with Crippen molar-refractivity contribution in [2.45, 2.75) is 31.7 Å². The normalized spacial score (nSPS) is 21.0. The minimum absolute atomic E-state index is 0.248. The Hall–Kier alpha value is -3.50. The SMILES string of the molecule is O=C(Nc1cc2cn(C3CCC(CO)CC3)nc2cc1N1CCOCC1)c1cnn2cccnc12. The molecule has 2 aliphatic rings. The van der Waals surface area contributed by atoms with Crippen LogP contribution < -0.4 is 10.2 Å². The molecule has 0 radical (unpaired) electrons. The van der Waals surface area contributed by atoms with Gasteiger partial charge in [0.1, 0.15) is 5.56 Å². The lowest BCUT2D eigenvalue weighted by Crippen LogP contribution is -2.36. The largest absolute Gasteiger partial charge is 0.396 e. The molecule has 1 aromatic carbocycles. The zero-order valence-corrected chi connectivity index (χ0v) is 19.5. The summed E-state index contributed by atoms with van der Waals surface area (Å²) >= 11 is 0. The first-order chi connectivity index (χ1) is 17.2. The van der Waals surface area contributed by atoms with Gasteiger partial charge in [-0.2, -0.15) is 10.2 Å². The summed E-state index contributed by atoms with van der Waals surface area (Å²) in [5, 5.41) is 22.7. The van der Waals surface area contributed by atoms with E-state index in [2.05, 4.69) is 37.2 Å². The number of morpholine rings is 1. The number of aliphatic hydroxyl groups is 1. The van der Waals surface area contributed by atoms with Gasteiger partial charge in [-0.1, -0.05) is 0 Å². The van der Waals surface area contributed by atoms with Crippen molar-refractivity contribution in [2.75, 3.05) is 43.1 Å². The van der Waals surface area contributed by atoms with Crippen molar-refractivity contribution in [2.24, 2.45) is 5.92 Å². The van der Waals surface area contributed by atoms with E-state index in [1.807, 2.05) is 6.07 Å². The average Bonchev–Trinajstić information content (AvgIpc) is 3.53. The number of rotatable bonds is 5. The summed E-state index contributed by atoms with van der Waals surface area (Å²) in [7, 11) is 0. The van der Waals surface area contributed by atoms with Gasteiger partial charge < -0.3 is 20.1 Å². The van der Waals surface area contributed by atoms with Crippen LogP contribution in [0.25, 0.3) is 16.6 Å². The first-order valence-corrected chi connectivity index (χ1v) is 12.3. The van der Waals surface area contributed by atoms with Crippen LogP contribution in [0.4, 0.5) is 11.4 Å². The molecule has 182 valence electrons. The topological polar surface area (TPSA) is 110 Å². The van der Waals surface area contributed by atoms with Crippen molar-refractivity contribution in [1.29, 1.82) is 0 Å². The van der Waals surface area contributed by atoms with E-state index in [0.29, 0.717) is 36.4 Å². The highest BCUT2D eigenvalue weighted by molar-refractivity contribution is 6.10. The maximum atomic E-state index is 13.3. The molecule has 1 amide bonds. The molecule has 10 heteroatoms. The number of nitrogens with one attached hydrogen (secondary N) is 1. The third-order valence-corrected chi connectivity index (χ3v) is 7.21. The average molecular weight is 476 g/mol. The summed E-state index contributed by atoms with van der Waals surface area (Å²) in [5.74, 6) is 0.155. The Balaban J connectivity index is 1.34. The van der Waals surface area contributed by atoms with Crippen molar-refractivity contribution < 1.29 is 14.6 Å². The Bertz CT molecular complexity index is 1350. The van der Waals surface area contributed by atoms with Crippen molar-refractivity contribution in [3.05, 3.63) is 48.5 Å². The summed E-state index contributed by atoms with van der Waals surface area (Å²) in [5.41, 5.74) is 3.53. The molecular formula is C25H29N7O3. The monoisotopic (exact) mass is 475 g/mol. The molecule has 1 aliphatic heterocycles. The maximum absolute atomic E-state index is 13.3. The molecule has 4 aromatic rings. The predicted molar refractivity (Wildman–Crippen MR) is 132 cm³/mol. The van der Waals surface area contributed by atoms with Crippen molar-refractivity contribution in [1.82, 2.24) is 24.4 Å². The first-order valence-electron chi connectivity index (χ1n) is 12.3. The second-order valence-electron chi connectivity index (χ2n) is 9.39. The molecule has 0 unspecified atom stereocenters. The summed E-state index contributed by atoms with van der Waals surface area (Å²) in [4.78, 5) is 19.8. The van der Waals surface area contributed by atoms with Crippen LogP contribution in [0.1, 0.15) is 42.1 Å². The van der Waals surface area contributed by atoms with E-state index in [1.54, 1.807) is 29.2 Å². The Kier molecular flexibility index (Phi) is 5.83. The van der Waals surface area contributed by atoms with E-state index in [4.69, 9.17) is 9.84 Å². The number of aliphatic hydroxyl groups excluding tert-OH is 1. The number of hydrogen-bond acceptors (Lipinski definition) is 7. The fourth-order valence-electron chi connectivity index (χ4n) is 5.20. The molecule has 0 bridgehead atoms. The Morgan fingerprint density at radius 1 is 1.17 bits per heavy atom. The molecule has 0 spiro atoms. The van der Waals surface area contributed by atoms with E-state index < -0.39 is 0 Å². The fraction of sp³-hybridized carbons (Fsp3) is 0.440. The van der Waals surface area contributed by atoms with E-state index in [1.165, 1.54) is 0 Å². The number of fused-ring (bicyclic) bond motifs is 2. The summed E-state index contributed by atoms with van der Waals surface area (Å²) in [6.45, 7) is 3.05. The number of benzene rings is 1. The van der Waals surface area contributed by atoms with Crippen LogP contribution in [-0.4, -0.2) is 68.3 Å². The van der Waals surface area contributed by atoms with E-state index in [9.17, 15) is 9.90 Å². The minimum atomic E-state index is -0.248. The molecule has 1 saturated carbocycles. The minimum Gasteiger partial charge on any atom is -0.396 e. The highest BCUT2D eigenvalue weighted by atomic mass is 16.5. The van der Waals surface area contributed by atoms with Crippen molar-refractivity contribution >= 4 is 33.8 Å². The molecule has 4 heterocycles. The van der Waals surface area contributed by atoms with Gasteiger partial charge in [0.2, 0.25) is 0 Å². The number of ether oxygens (including phenoxy) is 1. The van der Waals surface area contributed by atoms with Crippen molar-refractivity contribution in [3.63, 3.8) is 0 Å².